The zero-order valence-corrected chi connectivity index (χ0v) is 17.8. The Morgan fingerprint density at radius 2 is 1.69 bits per heavy atom. The van der Waals surface area contributed by atoms with E-state index in [1.54, 1.807) is 29.0 Å². The number of rotatable bonds is 4. The minimum atomic E-state index is 0.452. The molecule has 1 aliphatic carbocycles. The molecule has 148 valence electrons. The Hall–Kier alpha value is -2.11. The van der Waals surface area contributed by atoms with E-state index in [-0.39, 0.29) is 0 Å². The SMILES string of the molecule is Clc1cccc(CSc2cnc(N3CCC4(CC3)Cc3ccccc3C4)cn2)n1. The van der Waals surface area contributed by atoms with Crippen molar-refractivity contribution in [2.45, 2.75) is 36.5 Å². The molecule has 0 unspecified atom stereocenters. The van der Waals surface area contributed by atoms with Crippen LogP contribution in [0.15, 0.2) is 59.9 Å². The minimum absolute atomic E-state index is 0.452. The first-order chi connectivity index (χ1) is 14.2. The second-order valence-electron chi connectivity index (χ2n) is 8.06. The summed E-state index contributed by atoms with van der Waals surface area (Å²) in [5.41, 5.74) is 4.51. The monoisotopic (exact) mass is 422 g/mol. The Labute approximate surface area is 180 Å². The minimum Gasteiger partial charge on any atom is -0.355 e. The summed E-state index contributed by atoms with van der Waals surface area (Å²) in [5, 5.41) is 1.44. The lowest BCUT2D eigenvalue weighted by atomic mass is 9.76. The molecule has 3 heterocycles. The summed E-state index contributed by atoms with van der Waals surface area (Å²) in [5.74, 6) is 1.72. The van der Waals surface area contributed by atoms with E-state index in [2.05, 4.69) is 44.1 Å². The van der Waals surface area contributed by atoms with Gasteiger partial charge in [0, 0.05) is 18.8 Å². The highest BCUT2D eigenvalue weighted by atomic mass is 35.5. The number of pyridine rings is 1. The zero-order valence-electron chi connectivity index (χ0n) is 16.2. The average molecular weight is 423 g/mol. The van der Waals surface area contributed by atoms with Crippen LogP contribution in [-0.2, 0) is 18.6 Å². The molecule has 0 N–H and O–H groups in total. The van der Waals surface area contributed by atoms with Gasteiger partial charge in [0.15, 0.2) is 0 Å². The molecule has 1 saturated heterocycles. The summed E-state index contributed by atoms with van der Waals surface area (Å²) in [7, 11) is 0. The highest BCUT2D eigenvalue weighted by Gasteiger charge is 2.39. The van der Waals surface area contributed by atoms with Gasteiger partial charge in [0.25, 0.3) is 0 Å². The number of hydrogen-bond donors (Lipinski definition) is 0. The second-order valence-corrected chi connectivity index (χ2v) is 9.45. The maximum absolute atomic E-state index is 5.95. The van der Waals surface area contributed by atoms with Crippen molar-refractivity contribution in [1.82, 2.24) is 15.0 Å². The van der Waals surface area contributed by atoms with Gasteiger partial charge in [-0.3, -0.25) is 0 Å². The van der Waals surface area contributed by atoms with Gasteiger partial charge in [-0.05, 0) is 54.4 Å². The number of anilines is 1. The highest BCUT2D eigenvalue weighted by Crippen LogP contribution is 2.44. The Balaban J connectivity index is 1.18. The fourth-order valence-electron chi connectivity index (χ4n) is 4.56. The number of fused-ring (bicyclic) bond motifs is 1. The summed E-state index contributed by atoms with van der Waals surface area (Å²) >= 11 is 7.58. The van der Waals surface area contributed by atoms with Crippen molar-refractivity contribution in [1.29, 1.82) is 0 Å². The summed E-state index contributed by atoms with van der Waals surface area (Å²) in [4.78, 5) is 16.0. The third kappa shape index (κ3) is 4.12. The lowest BCUT2D eigenvalue weighted by molar-refractivity contribution is 0.232. The average Bonchev–Trinajstić information content (AvgIpc) is 3.11. The molecule has 0 bridgehead atoms. The molecule has 3 aromatic rings. The maximum atomic E-state index is 5.95. The standard InChI is InChI=1S/C23H23ClN4S/c24-20-7-3-6-19(27-20)16-29-22-15-25-21(14-26-22)28-10-8-23(9-11-28)12-17-4-1-2-5-18(17)13-23/h1-7,14-15H,8-13,16H2. The van der Waals surface area contributed by atoms with E-state index in [0.29, 0.717) is 10.6 Å². The Kier molecular flexibility index (Phi) is 5.18. The van der Waals surface area contributed by atoms with Gasteiger partial charge in [0.1, 0.15) is 16.0 Å². The van der Waals surface area contributed by atoms with Crippen LogP contribution in [0, 0.1) is 5.41 Å². The number of benzene rings is 1. The molecular weight excluding hydrogens is 400 g/mol. The van der Waals surface area contributed by atoms with Gasteiger partial charge < -0.3 is 4.90 Å². The van der Waals surface area contributed by atoms with Crippen LogP contribution >= 0.6 is 23.4 Å². The van der Waals surface area contributed by atoms with Crippen LogP contribution in [0.5, 0.6) is 0 Å². The summed E-state index contributed by atoms with van der Waals surface area (Å²) in [6, 6.07) is 14.6. The van der Waals surface area contributed by atoms with Crippen LogP contribution in [0.4, 0.5) is 5.82 Å². The van der Waals surface area contributed by atoms with Gasteiger partial charge in [0.05, 0.1) is 18.1 Å². The van der Waals surface area contributed by atoms with Gasteiger partial charge in [-0.2, -0.15) is 0 Å². The van der Waals surface area contributed by atoms with Crippen molar-refractivity contribution in [3.05, 3.63) is 76.8 Å². The Morgan fingerprint density at radius 3 is 2.34 bits per heavy atom. The van der Waals surface area contributed by atoms with Gasteiger partial charge in [-0.15, -0.1) is 0 Å². The quantitative estimate of drug-likeness (QED) is 0.426. The molecular formula is C23H23ClN4S. The van der Waals surface area contributed by atoms with Crippen LogP contribution in [0.1, 0.15) is 29.7 Å². The molecule has 1 spiro atoms. The molecule has 1 fully saturated rings. The van der Waals surface area contributed by atoms with Gasteiger partial charge >= 0.3 is 0 Å². The van der Waals surface area contributed by atoms with E-state index < -0.39 is 0 Å². The maximum Gasteiger partial charge on any atom is 0.147 e. The van der Waals surface area contributed by atoms with Gasteiger partial charge in [0.2, 0.25) is 0 Å². The molecule has 0 atom stereocenters. The lowest BCUT2D eigenvalue weighted by Gasteiger charge is -2.39. The normalized spacial score (nSPS) is 17.5. The van der Waals surface area contributed by atoms with Gasteiger partial charge in [-0.1, -0.05) is 53.7 Å². The molecule has 5 rings (SSSR count). The number of piperidine rings is 1. The smallest absolute Gasteiger partial charge is 0.147 e. The molecule has 2 aliphatic rings. The van der Waals surface area contributed by atoms with E-state index in [1.807, 2.05) is 24.5 Å². The number of aromatic nitrogens is 3. The van der Waals surface area contributed by atoms with Crippen LogP contribution in [0.3, 0.4) is 0 Å². The topological polar surface area (TPSA) is 41.9 Å². The Morgan fingerprint density at radius 1 is 0.931 bits per heavy atom. The van der Waals surface area contributed by atoms with Crippen molar-refractivity contribution in [3.63, 3.8) is 0 Å². The van der Waals surface area contributed by atoms with Crippen molar-refractivity contribution in [3.8, 4) is 0 Å². The molecule has 0 saturated carbocycles. The van der Waals surface area contributed by atoms with Crippen LogP contribution in [0.25, 0.3) is 0 Å². The number of nitrogens with zero attached hydrogens (tertiary/aromatic N) is 4. The summed E-state index contributed by atoms with van der Waals surface area (Å²) < 4.78 is 0. The van der Waals surface area contributed by atoms with E-state index in [4.69, 9.17) is 11.6 Å². The molecule has 1 aliphatic heterocycles. The Bertz CT molecular complexity index is 973. The molecule has 0 amide bonds. The predicted molar refractivity (Wildman–Crippen MR) is 119 cm³/mol. The first kappa shape index (κ1) is 18.9. The second kappa shape index (κ2) is 7.96. The van der Waals surface area contributed by atoms with Crippen molar-refractivity contribution >= 4 is 29.2 Å². The predicted octanol–water partition coefficient (Wildman–Crippen LogP) is 5.20. The van der Waals surface area contributed by atoms with Crippen molar-refractivity contribution in [2.75, 3.05) is 18.0 Å². The number of thioether (sulfide) groups is 1. The van der Waals surface area contributed by atoms with Crippen LogP contribution < -0.4 is 4.90 Å². The zero-order chi connectivity index (χ0) is 19.7. The lowest BCUT2D eigenvalue weighted by Crippen LogP contribution is -2.41. The molecule has 6 heteroatoms. The van der Waals surface area contributed by atoms with E-state index >= 15 is 0 Å². The molecule has 4 nitrogen and oxygen atoms in total. The van der Waals surface area contributed by atoms with E-state index in [9.17, 15) is 0 Å². The van der Waals surface area contributed by atoms with E-state index in [1.165, 1.54) is 25.7 Å². The largest absolute Gasteiger partial charge is 0.355 e. The fraction of sp³-hybridized carbons (Fsp3) is 0.348. The molecule has 1 aromatic carbocycles. The molecule has 29 heavy (non-hydrogen) atoms. The fourth-order valence-corrected chi connectivity index (χ4v) is 5.45. The number of hydrogen-bond acceptors (Lipinski definition) is 5. The summed E-state index contributed by atoms with van der Waals surface area (Å²) in [6.07, 6.45) is 8.70. The highest BCUT2D eigenvalue weighted by molar-refractivity contribution is 7.98. The third-order valence-corrected chi connectivity index (χ3v) is 7.31. The first-order valence-electron chi connectivity index (χ1n) is 10.1. The van der Waals surface area contributed by atoms with Crippen LogP contribution in [0.2, 0.25) is 5.15 Å². The van der Waals surface area contributed by atoms with Crippen molar-refractivity contribution < 1.29 is 0 Å². The third-order valence-electron chi connectivity index (χ3n) is 6.15. The first-order valence-corrected chi connectivity index (χ1v) is 11.4. The van der Waals surface area contributed by atoms with Gasteiger partial charge in [-0.25, -0.2) is 15.0 Å². The number of halogens is 1. The summed E-state index contributed by atoms with van der Waals surface area (Å²) in [6.45, 7) is 2.11. The van der Waals surface area contributed by atoms with E-state index in [0.717, 1.165) is 35.4 Å². The van der Waals surface area contributed by atoms with Crippen molar-refractivity contribution in [2.24, 2.45) is 5.41 Å². The molecule has 2 aromatic heterocycles. The molecule has 0 radical (unpaired) electrons. The van der Waals surface area contributed by atoms with Crippen LogP contribution in [-0.4, -0.2) is 28.0 Å².